The number of imidazole rings is 1. The van der Waals surface area contributed by atoms with Gasteiger partial charge >= 0.3 is 0 Å². The van der Waals surface area contributed by atoms with Crippen LogP contribution in [0.25, 0.3) is 0 Å². The smallest absolute Gasteiger partial charge is 0.261 e. The molecular formula is C8H11F2N3. The molecule has 0 unspecified atom stereocenters. The molecule has 2 rings (SSSR count). The molecule has 0 amide bonds. The van der Waals surface area contributed by atoms with E-state index in [9.17, 15) is 8.78 Å². The zero-order valence-electron chi connectivity index (χ0n) is 7.13. The highest BCUT2D eigenvalue weighted by Crippen LogP contribution is 2.27. The predicted molar refractivity (Wildman–Crippen MR) is 43.4 cm³/mol. The molecule has 3 nitrogen and oxygen atoms in total. The third kappa shape index (κ3) is 2.03. The standard InChI is InChI=1S/C8H11F2N3/c9-8(10)1-4-13(6-8)5-7-11-2-3-12-7/h2-3H,1,4-6H2,(H,11,12). The van der Waals surface area contributed by atoms with E-state index in [0.29, 0.717) is 13.1 Å². The van der Waals surface area contributed by atoms with Crippen LogP contribution in [0.2, 0.25) is 0 Å². The van der Waals surface area contributed by atoms with E-state index in [1.54, 1.807) is 17.3 Å². The van der Waals surface area contributed by atoms with Gasteiger partial charge in [-0.3, -0.25) is 4.90 Å². The highest BCUT2D eigenvalue weighted by atomic mass is 19.3. The predicted octanol–water partition coefficient (Wildman–Crippen LogP) is 1.25. The molecule has 1 aromatic rings. The van der Waals surface area contributed by atoms with Crippen LogP contribution in [0.4, 0.5) is 8.78 Å². The third-order valence-corrected chi connectivity index (χ3v) is 2.18. The Kier molecular flexibility index (Phi) is 2.03. The Morgan fingerprint density at radius 3 is 3.00 bits per heavy atom. The molecular weight excluding hydrogens is 176 g/mol. The van der Waals surface area contributed by atoms with Gasteiger partial charge in [-0.1, -0.05) is 0 Å². The van der Waals surface area contributed by atoms with Crippen molar-refractivity contribution in [2.45, 2.75) is 18.9 Å². The Balaban J connectivity index is 1.91. The molecule has 0 aliphatic carbocycles. The summed E-state index contributed by atoms with van der Waals surface area (Å²) < 4.78 is 25.5. The van der Waals surface area contributed by atoms with Gasteiger partial charge in [-0.2, -0.15) is 0 Å². The molecule has 0 aromatic carbocycles. The van der Waals surface area contributed by atoms with E-state index >= 15 is 0 Å². The molecule has 0 spiro atoms. The van der Waals surface area contributed by atoms with Crippen LogP contribution in [0.15, 0.2) is 12.4 Å². The second-order valence-electron chi connectivity index (χ2n) is 3.35. The number of nitrogens with one attached hydrogen (secondary N) is 1. The maximum absolute atomic E-state index is 12.8. The number of alkyl halides is 2. The first-order valence-electron chi connectivity index (χ1n) is 4.24. The number of halogens is 2. The summed E-state index contributed by atoms with van der Waals surface area (Å²) in [7, 11) is 0. The van der Waals surface area contributed by atoms with Crippen LogP contribution in [0.3, 0.4) is 0 Å². The minimum absolute atomic E-state index is 0.0340. The fraction of sp³-hybridized carbons (Fsp3) is 0.625. The Morgan fingerprint density at radius 2 is 2.46 bits per heavy atom. The number of rotatable bonds is 2. The fourth-order valence-corrected chi connectivity index (χ4v) is 1.54. The van der Waals surface area contributed by atoms with Gasteiger partial charge in [0.05, 0.1) is 13.1 Å². The zero-order chi connectivity index (χ0) is 9.31. The molecule has 0 atom stereocenters. The molecule has 1 aromatic heterocycles. The minimum Gasteiger partial charge on any atom is -0.348 e. The summed E-state index contributed by atoms with van der Waals surface area (Å²) in [4.78, 5) is 8.59. The van der Waals surface area contributed by atoms with Gasteiger partial charge in [0, 0.05) is 25.4 Å². The van der Waals surface area contributed by atoms with Crippen molar-refractivity contribution in [3.8, 4) is 0 Å². The average molecular weight is 187 g/mol. The molecule has 1 N–H and O–H groups in total. The Labute approximate surface area is 74.8 Å². The minimum atomic E-state index is -2.51. The number of hydrogen-bond donors (Lipinski definition) is 1. The average Bonchev–Trinajstić information content (AvgIpc) is 2.61. The van der Waals surface area contributed by atoms with E-state index in [0.717, 1.165) is 5.82 Å². The van der Waals surface area contributed by atoms with Crippen LogP contribution >= 0.6 is 0 Å². The van der Waals surface area contributed by atoms with Gasteiger partial charge in [0.25, 0.3) is 5.92 Å². The lowest BCUT2D eigenvalue weighted by molar-refractivity contribution is 0.0113. The van der Waals surface area contributed by atoms with Gasteiger partial charge in [-0.15, -0.1) is 0 Å². The summed E-state index contributed by atoms with van der Waals surface area (Å²) >= 11 is 0. The van der Waals surface area contributed by atoms with E-state index in [2.05, 4.69) is 9.97 Å². The molecule has 1 aliphatic rings. The summed E-state index contributed by atoms with van der Waals surface area (Å²) in [5.41, 5.74) is 0. The molecule has 0 radical (unpaired) electrons. The highest BCUT2D eigenvalue weighted by molar-refractivity contribution is 4.90. The normalized spacial score (nSPS) is 22.3. The Bertz CT molecular complexity index is 271. The van der Waals surface area contributed by atoms with Gasteiger partial charge in [-0.25, -0.2) is 13.8 Å². The fourth-order valence-electron chi connectivity index (χ4n) is 1.54. The number of nitrogens with zero attached hydrogens (tertiary/aromatic N) is 2. The summed E-state index contributed by atoms with van der Waals surface area (Å²) in [6.07, 6.45) is 3.29. The first-order valence-corrected chi connectivity index (χ1v) is 4.24. The van der Waals surface area contributed by atoms with E-state index in [1.807, 2.05) is 0 Å². The molecule has 13 heavy (non-hydrogen) atoms. The summed E-state index contributed by atoms with van der Waals surface area (Å²) in [5, 5.41) is 0. The SMILES string of the molecule is FC1(F)CCN(Cc2ncc[nH]2)C1. The molecule has 5 heteroatoms. The van der Waals surface area contributed by atoms with Crippen molar-refractivity contribution < 1.29 is 8.78 Å². The highest BCUT2D eigenvalue weighted by Gasteiger charge is 2.38. The van der Waals surface area contributed by atoms with Crippen LogP contribution in [0.5, 0.6) is 0 Å². The van der Waals surface area contributed by atoms with Crippen molar-refractivity contribution in [2.24, 2.45) is 0 Å². The molecule has 1 fully saturated rings. The maximum atomic E-state index is 12.8. The van der Waals surface area contributed by atoms with Crippen molar-refractivity contribution in [2.75, 3.05) is 13.1 Å². The zero-order valence-corrected chi connectivity index (χ0v) is 7.13. The largest absolute Gasteiger partial charge is 0.348 e. The van der Waals surface area contributed by atoms with Crippen molar-refractivity contribution in [1.82, 2.24) is 14.9 Å². The summed E-state index contributed by atoms with van der Waals surface area (Å²) in [6.45, 7) is 0.796. The van der Waals surface area contributed by atoms with Crippen molar-refractivity contribution >= 4 is 0 Å². The van der Waals surface area contributed by atoms with E-state index in [1.165, 1.54) is 0 Å². The van der Waals surface area contributed by atoms with Crippen molar-refractivity contribution in [3.63, 3.8) is 0 Å². The summed E-state index contributed by atoms with van der Waals surface area (Å²) in [5.74, 6) is -1.76. The molecule has 0 saturated carbocycles. The van der Waals surface area contributed by atoms with Crippen LogP contribution in [0.1, 0.15) is 12.2 Å². The molecule has 1 saturated heterocycles. The van der Waals surface area contributed by atoms with Gasteiger partial charge in [0.2, 0.25) is 0 Å². The van der Waals surface area contributed by atoms with E-state index < -0.39 is 5.92 Å². The molecule has 0 bridgehead atoms. The number of aromatic nitrogens is 2. The lowest BCUT2D eigenvalue weighted by atomic mass is 10.3. The van der Waals surface area contributed by atoms with Crippen molar-refractivity contribution in [3.05, 3.63) is 18.2 Å². The number of likely N-dealkylation sites (tertiary alicyclic amines) is 1. The van der Waals surface area contributed by atoms with Gasteiger partial charge in [-0.05, 0) is 0 Å². The quantitative estimate of drug-likeness (QED) is 0.755. The number of hydrogen-bond acceptors (Lipinski definition) is 2. The van der Waals surface area contributed by atoms with E-state index in [-0.39, 0.29) is 13.0 Å². The van der Waals surface area contributed by atoms with Crippen molar-refractivity contribution in [1.29, 1.82) is 0 Å². The number of aromatic amines is 1. The van der Waals surface area contributed by atoms with Gasteiger partial charge < -0.3 is 4.98 Å². The first-order chi connectivity index (χ1) is 6.16. The van der Waals surface area contributed by atoms with Crippen LogP contribution < -0.4 is 0 Å². The maximum Gasteiger partial charge on any atom is 0.261 e. The van der Waals surface area contributed by atoms with Gasteiger partial charge in [0.15, 0.2) is 0 Å². The second kappa shape index (κ2) is 3.06. The topological polar surface area (TPSA) is 31.9 Å². The lowest BCUT2D eigenvalue weighted by Gasteiger charge is -2.13. The summed E-state index contributed by atoms with van der Waals surface area (Å²) in [6, 6.07) is 0. The van der Waals surface area contributed by atoms with Crippen LogP contribution in [0, 0.1) is 0 Å². The molecule has 2 heterocycles. The number of H-pyrrole nitrogens is 1. The van der Waals surface area contributed by atoms with E-state index in [4.69, 9.17) is 0 Å². The van der Waals surface area contributed by atoms with Crippen LogP contribution in [-0.4, -0.2) is 33.9 Å². The lowest BCUT2D eigenvalue weighted by Crippen LogP contribution is -2.25. The van der Waals surface area contributed by atoms with Crippen LogP contribution in [-0.2, 0) is 6.54 Å². The third-order valence-electron chi connectivity index (χ3n) is 2.18. The first kappa shape index (κ1) is 8.62. The molecule has 1 aliphatic heterocycles. The second-order valence-corrected chi connectivity index (χ2v) is 3.35. The van der Waals surface area contributed by atoms with Gasteiger partial charge in [0.1, 0.15) is 5.82 Å². The molecule has 72 valence electrons. The Hall–Kier alpha value is -0.970. The Morgan fingerprint density at radius 1 is 1.62 bits per heavy atom. The monoisotopic (exact) mass is 187 g/mol.